The lowest BCUT2D eigenvalue weighted by molar-refractivity contribution is 1.10. The average Bonchev–Trinajstić information content (AvgIpc) is 2.46. The molecule has 0 radical (unpaired) electrons. The maximum Gasteiger partial charge on any atom is 0.137 e. The summed E-state index contributed by atoms with van der Waals surface area (Å²) in [4.78, 5) is 8.61. The van der Waals surface area contributed by atoms with Gasteiger partial charge in [-0.15, -0.1) is 0 Å². The topological polar surface area (TPSA) is 37.8 Å². The van der Waals surface area contributed by atoms with Gasteiger partial charge in [0.2, 0.25) is 0 Å². The first kappa shape index (κ1) is 12.9. The normalized spacial score (nSPS) is 10.7. The van der Waals surface area contributed by atoms with Gasteiger partial charge in [-0.25, -0.2) is 9.97 Å². The smallest absolute Gasteiger partial charge is 0.137 e. The first-order valence-electron chi connectivity index (χ1n) is 6.43. The molecule has 0 aliphatic carbocycles. The van der Waals surface area contributed by atoms with Crippen molar-refractivity contribution in [1.82, 2.24) is 9.97 Å². The van der Waals surface area contributed by atoms with E-state index in [1.54, 1.807) is 6.33 Å². The van der Waals surface area contributed by atoms with E-state index in [0.29, 0.717) is 6.54 Å². The Kier molecular flexibility index (Phi) is 3.52. The van der Waals surface area contributed by atoms with Crippen LogP contribution >= 0.6 is 11.6 Å². The van der Waals surface area contributed by atoms with Crippen LogP contribution in [0, 0.1) is 6.92 Å². The Morgan fingerprint density at radius 2 is 1.95 bits per heavy atom. The maximum atomic E-state index is 6.16. The number of anilines is 1. The molecule has 1 aromatic heterocycles. The second kappa shape index (κ2) is 5.47. The van der Waals surface area contributed by atoms with Crippen LogP contribution in [0.4, 0.5) is 5.82 Å². The van der Waals surface area contributed by atoms with Crippen molar-refractivity contribution in [2.45, 2.75) is 13.5 Å². The minimum absolute atomic E-state index is 0.639. The van der Waals surface area contributed by atoms with Gasteiger partial charge < -0.3 is 5.32 Å². The summed E-state index contributed by atoms with van der Waals surface area (Å²) in [6.07, 6.45) is 1.58. The van der Waals surface area contributed by atoms with Crippen LogP contribution in [0.2, 0.25) is 5.02 Å². The second-order valence-corrected chi connectivity index (χ2v) is 5.10. The Balaban J connectivity index is 1.91. The number of aryl methyl sites for hydroxylation is 1. The number of hydrogen-bond acceptors (Lipinski definition) is 3. The number of rotatable bonds is 3. The Morgan fingerprint density at radius 1 is 1.10 bits per heavy atom. The van der Waals surface area contributed by atoms with E-state index in [9.17, 15) is 0 Å². The third-order valence-corrected chi connectivity index (χ3v) is 3.56. The molecule has 3 nitrogen and oxygen atoms in total. The summed E-state index contributed by atoms with van der Waals surface area (Å²) in [5.41, 5.74) is 3.17. The average molecular weight is 284 g/mol. The highest BCUT2D eigenvalue weighted by Crippen LogP contribution is 2.22. The van der Waals surface area contributed by atoms with Crippen LogP contribution < -0.4 is 5.32 Å². The van der Waals surface area contributed by atoms with Crippen LogP contribution in [0.15, 0.2) is 48.8 Å². The number of nitrogens with zero attached hydrogens (tertiary/aromatic N) is 2. The molecule has 0 aliphatic rings. The standard InChI is InChI=1S/C16H14ClN3/c1-11-6-7-15-13(8-11)16(20-10-19-15)18-9-12-4-2-3-5-14(12)17/h2-8,10H,9H2,1H3,(H,18,19,20). The van der Waals surface area contributed by atoms with Crippen LogP contribution in [-0.4, -0.2) is 9.97 Å². The Labute approximate surface area is 122 Å². The molecule has 0 amide bonds. The van der Waals surface area contributed by atoms with E-state index in [-0.39, 0.29) is 0 Å². The third kappa shape index (κ3) is 2.58. The predicted octanol–water partition coefficient (Wildman–Crippen LogP) is 4.20. The van der Waals surface area contributed by atoms with E-state index < -0.39 is 0 Å². The van der Waals surface area contributed by atoms with Crippen molar-refractivity contribution >= 4 is 28.3 Å². The van der Waals surface area contributed by atoms with E-state index in [4.69, 9.17) is 11.6 Å². The van der Waals surface area contributed by atoms with Crippen LogP contribution in [0.1, 0.15) is 11.1 Å². The van der Waals surface area contributed by atoms with Gasteiger partial charge in [-0.3, -0.25) is 0 Å². The molecule has 20 heavy (non-hydrogen) atoms. The summed E-state index contributed by atoms with van der Waals surface area (Å²) in [7, 11) is 0. The molecule has 0 spiro atoms. The molecule has 0 atom stereocenters. The van der Waals surface area contributed by atoms with Crippen molar-refractivity contribution in [3.63, 3.8) is 0 Å². The van der Waals surface area contributed by atoms with Crippen molar-refractivity contribution in [2.75, 3.05) is 5.32 Å². The van der Waals surface area contributed by atoms with E-state index >= 15 is 0 Å². The van der Waals surface area contributed by atoms with Gasteiger partial charge in [-0.1, -0.05) is 41.4 Å². The first-order valence-corrected chi connectivity index (χ1v) is 6.80. The second-order valence-electron chi connectivity index (χ2n) is 4.69. The highest BCUT2D eigenvalue weighted by molar-refractivity contribution is 6.31. The molecule has 4 heteroatoms. The molecule has 2 aromatic carbocycles. The zero-order chi connectivity index (χ0) is 13.9. The Morgan fingerprint density at radius 3 is 2.80 bits per heavy atom. The summed E-state index contributed by atoms with van der Waals surface area (Å²) in [6.45, 7) is 2.70. The predicted molar refractivity (Wildman–Crippen MR) is 83.1 cm³/mol. The molecule has 0 aliphatic heterocycles. The summed E-state index contributed by atoms with van der Waals surface area (Å²) in [5.74, 6) is 0.832. The molecule has 0 saturated heterocycles. The fraction of sp³-hybridized carbons (Fsp3) is 0.125. The van der Waals surface area contributed by atoms with Gasteiger partial charge in [0.25, 0.3) is 0 Å². The van der Waals surface area contributed by atoms with Gasteiger partial charge in [0, 0.05) is 17.0 Å². The van der Waals surface area contributed by atoms with Crippen LogP contribution in [-0.2, 0) is 6.54 Å². The van der Waals surface area contributed by atoms with Crippen molar-refractivity contribution < 1.29 is 0 Å². The minimum atomic E-state index is 0.639. The van der Waals surface area contributed by atoms with Gasteiger partial charge in [0.15, 0.2) is 0 Å². The van der Waals surface area contributed by atoms with Crippen LogP contribution in [0.5, 0.6) is 0 Å². The van der Waals surface area contributed by atoms with Gasteiger partial charge in [0.1, 0.15) is 12.1 Å². The highest BCUT2D eigenvalue weighted by Gasteiger charge is 2.05. The molecule has 1 N–H and O–H groups in total. The summed E-state index contributed by atoms with van der Waals surface area (Å²) >= 11 is 6.16. The number of benzene rings is 2. The molecule has 3 aromatic rings. The van der Waals surface area contributed by atoms with E-state index in [1.165, 1.54) is 5.56 Å². The zero-order valence-corrected chi connectivity index (χ0v) is 11.9. The largest absolute Gasteiger partial charge is 0.365 e. The van der Waals surface area contributed by atoms with Crippen molar-refractivity contribution in [3.8, 4) is 0 Å². The molecule has 0 unspecified atom stereocenters. The van der Waals surface area contributed by atoms with Gasteiger partial charge in [-0.05, 0) is 30.7 Å². The Hall–Kier alpha value is -2.13. The number of nitrogens with one attached hydrogen (secondary N) is 1. The van der Waals surface area contributed by atoms with Crippen LogP contribution in [0.3, 0.4) is 0 Å². The van der Waals surface area contributed by atoms with Crippen molar-refractivity contribution in [2.24, 2.45) is 0 Å². The van der Waals surface area contributed by atoms with Crippen molar-refractivity contribution in [1.29, 1.82) is 0 Å². The van der Waals surface area contributed by atoms with Crippen molar-refractivity contribution in [3.05, 3.63) is 64.9 Å². The molecule has 0 saturated carbocycles. The number of hydrogen-bond donors (Lipinski definition) is 1. The number of fused-ring (bicyclic) bond motifs is 1. The number of aromatic nitrogens is 2. The Bertz CT molecular complexity index is 756. The summed E-state index contributed by atoms with van der Waals surface area (Å²) in [6, 6.07) is 13.9. The first-order chi connectivity index (χ1) is 9.74. The van der Waals surface area contributed by atoms with E-state index in [1.807, 2.05) is 36.4 Å². The lowest BCUT2D eigenvalue weighted by Gasteiger charge is -2.09. The lowest BCUT2D eigenvalue weighted by Crippen LogP contribution is -2.03. The molecule has 0 bridgehead atoms. The monoisotopic (exact) mass is 283 g/mol. The fourth-order valence-corrected chi connectivity index (χ4v) is 2.33. The van der Waals surface area contributed by atoms with Gasteiger partial charge >= 0.3 is 0 Å². The maximum absolute atomic E-state index is 6.16. The zero-order valence-electron chi connectivity index (χ0n) is 11.1. The molecule has 3 rings (SSSR count). The fourth-order valence-electron chi connectivity index (χ4n) is 2.13. The molecule has 100 valence electrons. The molecular formula is C16H14ClN3. The summed E-state index contributed by atoms with van der Waals surface area (Å²) in [5, 5.41) is 5.12. The quantitative estimate of drug-likeness (QED) is 0.783. The molecule has 1 heterocycles. The van der Waals surface area contributed by atoms with Gasteiger partial charge in [0.05, 0.1) is 5.52 Å². The third-order valence-electron chi connectivity index (χ3n) is 3.19. The van der Waals surface area contributed by atoms with E-state index in [0.717, 1.165) is 27.3 Å². The lowest BCUT2D eigenvalue weighted by atomic mass is 10.1. The van der Waals surface area contributed by atoms with E-state index in [2.05, 4.69) is 28.3 Å². The number of halogens is 1. The SMILES string of the molecule is Cc1ccc2ncnc(NCc3ccccc3Cl)c2c1. The van der Waals surface area contributed by atoms with Crippen LogP contribution in [0.25, 0.3) is 10.9 Å². The summed E-state index contributed by atoms with van der Waals surface area (Å²) < 4.78 is 0. The molecule has 0 fully saturated rings. The van der Waals surface area contributed by atoms with Gasteiger partial charge in [-0.2, -0.15) is 0 Å². The minimum Gasteiger partial charge on any atom is -0.365 e. The highest BCUT2D eigenvalue weighted by atomic mass is 35.5. The molecular weight excluding hydrogens is 270 g/mol.